The standard InChI is InChI=1S/C18H18FN5O4S/c1-29(26,27)22-4-5-23-14(9-22)10-24-17(23)7-16(21-18(24)25)28-11-12-2-3-15(19)13(6-12)8-20/h2-3,6-7,14H,4-5,9-11H2,1H3/i10D2. The van der Waals surface area contributed by atoms with Crippen LogP contribution < -0.4 is 15.3 Å². The van der Waals surface area contributed by atoms with E-state index in [2.05, 4.69) is 4.98 Å². The lowest BCUT2D eigenvalue weighted by Crippen LogP contribution is -2.53. The Morgan fingerprint density at radius 1 is 1.41 bits per heavy atom. The second-order valence-corrected chi connectivity index (χ2v) is 8.73. The maximum absolute atomic E-state index is 13.5. The van der Waals surface area contributed by atoms with E-state index in [4.69, 9.17) is 12.7 Å². The number of rotatable bonds is 4. The first-order valence-corrected chi connectivity index (χ1v) is 10.5. The van der Waals surface area contributed by atoms with Crippen LogP contribution in [0.4, 0.5) is 10.2 Å². The molecule has 0 amide bonds. The van der Waals surface area contributed by atoms with E-state index < -0.39 is 34.1 Å². The number of hydrogen-bond donors (Lipinski definition) is 0. The molecule has 11 heteroatoms. The van der Waals surface area contributed by atoms with Crippen LogP contribution in [0.15, 0.2) is 29.1 Å². The molecule has 0 N–H and O–H groups in total. The Morgan fingerprint density at radius 2 is 2.21 bits per heavy atom. The summed E-state index contributed by atoms with van der Waals surface area (Å²) in [5, 5.41) is 8.93. The van der Waals surface area contributed by atoms with Crippen molar-refractivity contribution >= 4 is 15.8 Å². The molecule has 29 heavy (non-hydrogen) atoms. The second-order valence-electron chi connectivity index (χ2n) is 6.74. The molecule has 1 atom stereocenters. The minimum absolute atomic E-state index is 0.0546. The lowest BCUT2D eigenvalue weighted by molar-refractivity contribution is 0.291. The lowest BCUT2D eigenvalue weighted by Gasteiger charge is -2.36. The Labute approximate surface area is 169 Å². The fourth-order valence-corrected chi connectivity index (χ4v) is 4.18. The van der Waals surface area contributed by atoms with Gasteiger partial charge in [-0.1, -0.05) is 6.07 Å². The molecule has 3 heterocycles. The van der Waals surface area contributed by atoms with E-state index in [0.717, 1.165) is 16.9 Å². The van der Waals surface area contributed by atoms with Gasteiger partial charge < -0.3 is 9.64 Å². The number of fused-ring (bicyclic) bond motifs is 3. The van der Waals surface area contributed by atoms with Gasteiger partial charge in [0, 0.05) is 25.7 Å². The summed E-state index contributed by atoms with van der Waals surface area (Å²) in [6.45, 7) is -1.99. The van der Waals surface area contributed by atoms with E-state index >= 15 is 0 Å². The van der Waals surface area contributed by atoms with E-state index in [0.29, 0.717) is 5.56 Å². The van der Waals surface area contributed by atoms with Crippen LogP contribution in [0.25, 0.3) is 0 Å². The predicted octanol–water partition coefficient (Wildman–Crippen LogP) is 0.297. The smallest absolute Gasteiger partial charge is 0.352 e. The zero-order valence-electron chi connectivity index (χ0n) is 17.4. The van der Waals surface area contributed by atoms with Crippen LogP contribution in [0.3, 0.4) is 0 Å². The van der Waals surface area contributed by atoms with Gasteiger partial charge in [0.2, 0.25) is 15.9 Å². The van der Waals surface area contributed by atoms with Crippen molar-refractivity contribution in [2.75, 3.05) is 30.8 Å². The SMILES string of the molecule is [2H]C1([2H])C2CN(S(C)(=O)=O)CCN2c2cc(OCc3ccc(F)c(C#N)c3)nc(=O)n21. The zero-order chi connectivity index (χ0) is 22.6. The van der Waals surface area contributed by atoms with Gasteiger partial charge in [-0.05, 0) is 17.7 Å². The number of sulfonamides is 1. The Bertz CT molecular complexity index is 1260. The van der Waals surface area contributed by atoms with Gasteiger partial charge in [-0.15, -0.1) is 0 Å². The molecule has 152 valence electrons. The summed E-state index contributed by atoms with van der Waals surface area (Å²) in [6, 6.07) is 6.17. The number of aromatic nitrogens is 2. The quantitative estimate of drug-likeness (QED) is 0.698. The average Bonchev–Trinajstić information content (AvgIpc) is 2.94. The summed E-state index contributed by atoms with van der Waals surface area (Å²) >= 11 is 0. The second kappa shape index (κ2) is 7.13. The van der Waals surface area contributed by atoms with Crippen LogP contribution in [0.1, 0.15) is 13.9 Å². The summed E-state index contributed by atoms with van der Waals surface area (Å²) in [5.74, 6) is -0.460. The topological polar surface area (TPSA) is 109 Å². The number of piperazine rings is 1. The molecule has 0 radical (unpaired) electrons. The van der Waals surface area contributed by atoms with E-state index in [1.165, 1.54) is 22.5 Å². The summed E-state index contributed by atoms with van der Waals surface area (Å²) < 4.78 is 61.8. The van der Waals surface area contributed by atoms with Crippen molar-refractivity contribution in [1.29, 1.82) is 5.26 Å². The molecule has 0 bridgehead atoms. The fraction of sp³-hybridized carbons (Fsp3) is 0.389. The van der Waals surface area contributed by atoms with Crippen molar-refractivity contribution in [2.45, 2.75) is 19.1 Å². The van der Waals surface area contributed by atoms with Crippen molar-refractivity contribution in [3.8, 4) is 11.9 Å². The van der Waals surface area contributed by atoms with Crippen LogP contribution in [-0.2, 0) is 23.1 Å². The van der Waals surface area contributed by atoms with Crippen LogP contribution >= 0.6 is 0 Å². The first-order valence-electron chi connectivity index (χ1n) is 9.70. The van der Waals surface area contributed by atoms with E-state index in [-0.39, 0.29) is 43.5 Å². The highest BCUT2D eigenvalue weighted by Gasteiger charge is 2.38. The Balaban J connectivity index is 1.62. The van der Waals surface area contributed by atoms with Gasteiger partial charge in [0.1, 0.15) is 24.3 Å². The summed E-state index contributed by atoms with van der Waals surface area (Å²) in [5.41, 5.74) is -0.507. The number of halogens is 1. The summed E-state index contributed by atoms with van der Waals surface area (Å²) in [6.07, 6.45) is 1.06. The largest absolute Gasteiger partial charge is 0.473 e. The van der Waals surface area contributed by atoms with Crippen molar-refractivity contribution in [1.82, 2.24) is 13.9 Å². The monoisotopic (exact) mass is 421 g/mol. The number of benzene rings is 1. The molecule has 1 fully saturated rings. The molecule has 1 aromatic carbocycles. The highest BCUT2D eigenvalue weighted by Crippen LogP contribution is 2.29. The molecule has 1 aromatic heterocycles. The van der Waals surface area contributed by atoms with Gasteiger partial charge in [0.15, 0.2) is 0 Å². The van der Waals surface area contributed by atoms with E-state index in [1.54, 1.807) is 11.0 Å². The van der Waals surface area contributed by atoms with Crippen molar-refractivity contribution in [2.24, 2.45) is 0 Å². The highest BCUT2D eigenvalue weighted by molar-refractivity contribution is 7.88. The summed E-state index contributed by atoms with van der Waals surface area (Å²) in [7, 11) is -3.51. The molecule has 1 saturated heterocycles. The number of nitriles is 1. The number of ether oxygens (including phenoxy) is 1. The third-order valence-electron chi connectivity index (χ3n) is 4.80. The summed E-state index contributed by atoms with van der Waals surface area (Å²) in [4.78, 5) is 18.0. The maximum Gasteiger partial charge on any atom is 0.352 e. The minimum Gasteiger partial charge on any atom is -0.473 e. The average molecular weight is 421 g/mol. The van der Waals surface area contributed by atoms with Gasteiger partial charge in [-0.2, -0.15) is 14.6 Å². The molecular weight excluding hydrogens is 401 g/mol. The third-order valence-corrected chi connectivity index (χ3v) is 6.07. The Hall–Kier alpha value is -2.97. The molecule has 2 aliphatic rings. The van der Waals surface area contributed by atoms with Crippen LogP contribution in [0.5, 0.6) is 5.88 Å². The number of anilines is 1. The van der Waals surface area contributed by atoms with Gasteiger partial charge >= 0.3 is 5.69 Å². The maximum atomic E-state index is 13.5. The number of hydrogen-bond acceptors (Lipinski definition) is 7. The van der Waals surface area contributed by atoms with Crippen molar-refractivity contribution in [3.05, 3.63) is 51.7 Å². The third kappa shape index (κ3) is 3.68. The van der Waals surface area contributed by atoms with Gasteiger partial charge in [0.05, 0.1) is 27.1 Å². The van der Waals surface area contributed by atoms with Crippen LogP contribution in [0.2, 0.25) is 0 Å². The molecule has 0 aliphatic carbocycles. The fourth-order valence-electron chi connectivity index (χ4n) is 3.35. The molecule has 2 aromatic rings. The molecule has 9 nitrogen and oxygen atoms in total. The number of nitrogens with zero attached hydrogens (tertiary/aromatic N) is 5. The van der Waals surface area contributed by atoms with E-state index in [1.807, 2.05) is 0 Å². The molecular formula is C18H18FN5O4S. The van der Waals surface area contributed by atoms with Crippen LogP contribution in [0, 0.1) is 17.1 Å². The van der Waals surface area contributed by atoms with Crippen molar-refractivity contribution < 1.29 is 20.3 Å². The Kier molecular flexibility index (Phi) is 4.16. The van der Waals surface area contributed by atoms with E-state index in [9.17, 15) is 17.6 Å². The predicted molar refractivity (Wildman–Crippen MR) is 101 cm³/mol. The first kappa shape index (κ1) is 16.9. The van der Waals surface area contributed by atoms with Gasteiger partial charge in [-0.3, -0.25) is 4.57 Å². The normalized spacial score (nSPS) is 21.6. The molecule has 0 saturated carbocycles. The first-order chi connectivity index (χ1) is 14.5. The molecule has 4 rings (SSSR count). The zero-order valence-corrected chi connectivity index (χ0v) is 16.2. The molecule has 2 aliphatic heterocycles. The van der Waals surface area contributed by atoms with Crippen LogP contribution in [-0.4, -0.2) is 54.2 Å². The minimum atomic E-state index is -3.51. The molecule has 0 spiro atoms. The lowest BCUT2D eigenvalue weighted by atomic mass is 10.1. The van der Waals surface area contributed by atoms with Gasteiger partial charge in [0.25, 0.3) is 0 Å². The van der Waals surface area contributed by atoms with Crippen molar-refractivity contribution in [3.63, 3.8) is 0 Å². The van der Waals surface area contributed by atoms with Gasteiger partial charge in [-0.25, -0.2) is 17.6 Å². The highest BCUT2D eigenvalue weighted by atomic mass is 32.2. The molecule has 1 unspecified atom stereocenters. The Morgan fingerprint density at radius 3 is 2.93 bits per heavy atom.